The zero-order chi connectivity index (χ0) is 17.9. The summed E-state index contributed by atoms with van der Waals surface area (Å²) in [7, 11) is 0. The fraction of sp³-hybridized carbons (Fsp3) is 0.333. The lowest BCUT2D eigenvalue weighted by Crippen LogP contribution is -2.28. The molecule has 5 nitrogen and oxygen atoms in total. The predicted octanol–water partition coefficient (Wildman–Crippen LogP) is 3.66. The van der Waals surface area contributed by atoms with E-state index >= 15 is 0 Å². The number of rotatable bonds is 5. The summed E-state index contributed by atoms with van der Waals surface area (Å²) in [5.41, 5.74) is 3.37. The highest BCUT2D eigenvalue weighted by atomic mass is 16.5. The zero-order valence-electron chi connectivity index (χ0n) is 14.9. The lowest BCUT2D eigenvalue weighted by molar-refractivity contribution is 0.244. The van der Waals surface area contributed by atoms with Crippen LogP contribution in [0.1, 0.15) is 37.1 Å². The molecule has 5 heteroatoms. The van der Waals surface area contributed by atoms with Crippen molar-refractivity contribution in [3.63, 3.8) is 0 Å². The third-order valence-corrected chi connectivity index (χ3v) is 4.96. The average molecular weight is 349 g/mol. The van der Waals surface area contributed by atoms with Gasteiger partial charge in [0.05, 0.1) is 17.6 Å². The molecule has 1 N–H and O–H groups in total. The maximum Gasteiger partial charge on any atom is 0.271 e. The van der Waals surface area contributed by atoms with E-state index in [1.807, 2.05) is 43.3 Å². The first-order valence-electron chi connectivity index (χ1n) is 9.19. The number of nitrogens with one attached hydrogen (secondary N) is 1. The van der Waals surface area contributed by atoms with Crippen molar-refractivity contribution in [3.8, 4) is 5.75 Å². The smallest absolute Gasteiger partial charge is 0.271 e. The van der Waals surface area contributed by atoms with Crippen molar-refractivity contribution in [1.29, 1.82) is 0 Å². The number of ether oxygens (including phenoxy) is 1. The lowest BCUT2D eigenvalue weighted by Gasteiger charge is -2.24. The molecular formula is C21H23N3O2. The molecule has 26 heavy (non-hydrogen) atoms. The molecule has 0 spiro atoms. The second-order valence-electron chi connectivity index (χ2n) is 6.66. The highest BCUT2D eigenvalue weighted by Crippen LogP contribution is 2.33. The summed E-state index contributed by atoms with van der Waals surface area (Å²) in [4.78, 5) is 22.3. The summed E-state index contributed by atoms with van der Waals surface area (Å²) in [5, 5.41) is 0. The first-order chi connectivity index (χ1) is 12.7. The largest absolute Gasteiger partial charge is 0.494 e. The summed E-state index contributed by atoms with van der Waals surface area (Å²) < 4.78 is 5.53. The minimum atomic E-state index is -0.0963. The Hall–Kier alpha value is -2.66. The molecule has 0 saturated carbocycles. The number of aromatic amines is 1. The molecule has 1 saturated heterocycles. The van der Waals surface area contributed by atoms with Crippen molar-refractivity contribution in [2.45, 2.75) is 32.4 Å². The zero-order valence-corrected chi connectivity index (χ0v) is 14.9. The van der Waals surface area contributed by atoms with E-state index in [9.17, 15) is 4.79 Å². The fourth-order valence-electron chi connectivity index (χ4n) is 3.71. The first-order valence-corrected chi connectivity index (χ1v) is 9.19. The molecule has 1 aliphatic heterocycles. The Bertz CT molecular complexity index is 949. The number of fused-ring (bicyclic) bond motifs is 1. The molecule has 4 rings (SSSR count). The molecule has 0 amide bonds. The molecule has 0 unspecified atom stereocenters. The molecule has 0 radical (unpaired) electrons. The van der Waals surface area contributed by atoms with E-state index in [4.69, 9.17) is 4.74 Å². The number of nitrogens with zero attached hydrogens (tertiary/aromatic N) is 2. The molecule has 2 heterocycles. The molecular weight excluding hydrogens is 326 g/mol. The normalized spacial score (nSPS) is 17.7. The second-order valence-corrected chi connectivity index (χ2v) is 6.66. The molecule has 1 atom stereocenters. The summed E-state index contributed by atoms with van der Waals surface area (Å²) in [6.07, 6.45) is 2.23. The number of para-hydroxylation sites is 2. The van der Waals surface area contributed by atoms with Crippen LogP contribution >= 0.6 is 0 Å². The standard InChI is InChI=1S/C21H23N3O2/c1-2-26-16-11-9-15(10-12-16)20-8-5-13-24(20)14-19-21(25)23-18-7-4-3-6-17(18)22-19/h3-4,6-7,9-12,20H,2,5,8,13-14H2,1H3,(H,23,25)/t20-/m1/s1. The molecule has 1 fully saturated rings. The Morgan fingerprint density at radius 1 is 1.19 bits per heavy atom. The van der Waals surface area contributed by atoms with Gasteiger partial charge in [0, 0.05) is 12.6 Å². The SMILES string of the molecule is CCOc1ccc([C@H]2CCCN2Cc2nc3ccccc3[nH]c2=O)cc1. The lowest BCUT2D eigenvalue weighted by atomic mass is 10.0. The Kier molecular flexibility index (Phi) is 4.71. The molecule has 1 aliphatic rings. The Labute approximate surface area is 152 Å². The van der Waals surface area contributed by atoms with Crippen molar-refractivity contribution >= 4 is 11.0 Å². The quantitative estimate of drug-likeness (QED) is 0.764. The van der Waals surface area contributed by atoms with Crippen molar-refractivity contribution in [3.05, 3.63) is 70.1 Å². The number of likely N-dealkylation sites (tertiary alicyclic amines) is 1. The van der Waals surface area contributed by atoms with Gasteiger partial charge in [0.1, 0.15) is 11.4 Å². The van der Waals surface area contributed by atoms with Crippen LogP contribution in [-0.2, 0) is 6.54 Å². The summed E-state index contributed by atoms with van der Waals surface area (Å²) in [6.45, 7) is 4.20. The molecule has 1 aromatic heterocycles. The fourth-order valence-corrected chi connectivity index (χ4v) is 3.71. The molecule has 2 aromatic carbocycles. The predicted molar refractivity (Wildman–Crippen MR) is 102 cm³/mol. The van der Waals surface area contributed by atoms with Crippen LogP contribution in [-0.4, -0.2) is 28.0 Å². The van der Waals surface area contributed by atoms with Gasteiger partial charge >= 0.3 is 0 Å². The van der Waals surface area contributed by atoms with Crippen LogP contribution in [0.4, 0.5) is 0 Å². The maximum atomic E-state index is 12.4. The number of benzene rings is 2. The topological polar surface area (TPSA) is 58.2 Å². The van der Waals surface area contributed by atoms with Gasteiger partial charge in [0.25, 0.3) is 5.56 Å². The minimum Gasteiger partial charge on any atom is -0.494 e. The van der Waals surface area contributed by atoms with Crippen molar-refractivity contribution < 1.29 is 4.74 Å². The van der Waals surface area contributed by atoms with Crippen LogP contribution in [0.3, 0.4) is 0 Å². The van der Waals surface area contributed by atoms with Crippen LogP contribution in [0.5, 0.6) is 5.75 Å². The molecule has 134 valence electrons. The Morgan fingerprint density at radius 3 is 2.81 bits per heavy atom. The van der Waals surface area contributed by atoms with Crippen molar-refractivity contribution in [2.24, 2.45) is 0 Å². The van der Waals surface area contributed by atoms with E-state index in [0.717, 1.165) is 36.2 Å². The summed E-state index contributed by atoms with van der Waals surface area (Å²) >= 11 is 0. The van der Waals surface area contributed by atoms with Crippen LogP contribution in [0.15, 0.2) is 53.3 Å². The second kappa shape index (κ2) is 7.30. The maximum absolute atomic E-state index is 12.4. The number of aromatic nitrogens is 2. The first kappa shape index (κ1) is 16.8. The van der Waals surface area contributed by atoms with Crippen LogP contribution in [0, 0.1) is 0 Å². The number of hydrogen-bond acceptors (Lipinski definition) is 4. The third kappa shape index (κ3) is 3.35. The number of H-pyrrole nitrogens is 1. The van der Waals surface area contributed by atoms with Gasteiger partial charge in [-0.15, -0.1) is 0 Å². The molecule has 0 bridgehead atoms. The van der Waals surface area contributed by atoms with Gasteiger partial charge in [-0.05, 0) is 56.1 Å². The summed E-state index contributed by atoms with van der Waals surface area (Å²) in [6, 6.07) is 16.3. The highest BCUT2D eigenvalue weighted by molar-refractivity contribution is 5.73. The van der Waals surface area contributed by atoms with Crippen LogP contribution in [0.25, 0.3) is 11.0 Å². The molecule has 0 aliphatic carbocycles. The third-order valence-electron chi connectivity index (χ3n) is 4.96. The van der Waals surface area contributed by atoms with Gasteiger partial charge in [-0.1, -0.05) is 24.3 Å². The van der Waals surface area contributed by atoms with Gasteiger partial charge in [-0.2, -0.15) is 0 Å². The van der Waals surface area contributed by atoms with Gasteiger partial charge in [0.15, 0.2) is 0 Å². The van der Waals surface area contributed by atoms with Crippen molar-refractivity contribution in [1.82, 2.24) is 14.9 Å². The van der Waals surface area contributed by atoms with Crippen molar-refractivity contribution in [2.75, 3.05) is 13.2 Å². The average Bonchev–Trinajstić information content (AvgIpc) is 3.11. The highest BCUT2D eigenvalue weighted by Gasteiger charge is 2.27. The van der Waals surface area contributed by atoms with E-state index in [2.05, 4.69) is 27.0 Å². The van der Waals surface area contributed by atoms with E-state index in [1.54, 1.807) is 0 Å². The molecule has 3 aromatic rings. The van der Waals surface area contributed by atoms with Gasteiger partial charge in [0.2, 0.25) is 0 Å². The van der Waals surface area contributed by atoms with Gasteiger partial charge in [-0.3, -0.25) is 9.69 Å². The summed E-state index contributed by atoms with van der Waals surface area (Å²) in [5.74, 6) is 0.897. The van der Waals surface area contributed by atoms with Crippen LogP contribution in [0.2, 0.25) is 0 Å². The minimum absolute atomic E-state index is 0.0963. The monoisotopic (exact) mass is 349 g/mol. The number of hydrogen-bond donors (Lipinski definition) is 1. The van der Waals surface area contributed by atoms with Crippen LogP contribution < -0.4 is 10.3 Å². The Balaban J connectivity index is 1.57. The Morgan fingerprint density at radius 2 is 2.00 bits per heavy atom. The van der Waals surface area contributed by atoms with E-state index in [-0.39, 0.29) is 5.56 Å². The van der Waals surface area contributed by atoms with E-state index in [1.165, 1.54) is 5.56 Å². The van der Waals surface area contributed by atoms with Gasteiger partial charge in [-0.25, -0.2) is 4.98 Å². The van der Waals surface area contributed by atoms with E-state index in [0.29, 0.717) is 24.9 Å². The van der Waals surface area contributed by atoms with E-state index < -0.39 is 0 Å². The van der Waals surface area contributed by atoms with Gasteiger partial charge < -0.3 is 9.72 Å².